The number of hydrogen-bond donors (Lipinski definition) is 2. The van der Waals surface area contributed by atoms with E-state index in [1.807, 2.05) is 26.0 Å². The lowest BCUT2D eigenvalue weighted by Crippen LogP contribution is -2.33. The van der Waals surface area contributed by atoms with E-state index >= 15 is 0 Å². The molecule has 0 aromatic carbocycles. The number of carbonyl (C=O) groups is 1. The number of pyridine rings is 1. The van der Waals surface area contributed by atoms with Crippen LogP contribution in [0, 0.1) is 0 Å². The summed E-state index contributed by atoms with van der Waals surface area (Å²) >= 11 is 3.39. The van der Waals surface area contributed by atoms with Gasteiger partial charge in [0.2, 0.25) is 5.91 Å². The molecule has 1 atom stereocenters. The molecule has 0 aliphatic rings. The lowest BCUT2D eigenvalue weighted by atomic mass is 10.2. The van der Waals surface area contributed by atoms with Crippen molar-refractivity contribution in [2.24, 2.45) is 0 Å². The number of hydrogen-bond acceptors (Lipinski definition) is 3. The van der Waals surface area contributed by atoms with E-state index in [9.17, 15) is 4.79 Å². The Kier molecular flexibility index (Phi) is 5.97. The number of carbonyl (C=O) groups excluding carboxylic acids is 1. The van der Waals surface area contributed by atoms with Crippen LogP contribution < -0.4 is 10.6 Å². The van der Waals surface area contributed by atoms with Crippen molar-refractivity contribution in [3.05, 3.63) is 22.8 Å². The molecule has 1 unspecified atom stereocenters. The van der Waals surface area contributed by atoms with Crippen LogP contribution in [-0.2, 0) is 4.79 Å². The van der Waals surface area contributed by atoms with Crippen molar-refractivity contribution in [2.45, 2.75) is 32.7 Å². The second-order valence-corrected chi connectivity index (χ2v) is 4.74. The molecule has 1 rings (SSSR count). The fourth-order valence-electron chi connectivity index (χ4n) is 1.26. The molecule has 1 aromatic rings. The number of halogens is 1. The number of anilines is 1. The van der Waals surface area contributed by atoms with Gasteiger partial charge >= 0.3 is 0 Å². The second kappa shape index (κ2) is 7.27. The van der Waals surface area contributed by atoms with Gasteiger partial charge in [0.05, 0.1) is 4.47 Å². The number of nitrogens with zero attached hydrogens (tertiary/aromatic N) is 1. The fraction of sp³-hybridized carbons (Fsp3) is 0.500. The normalized spacial score (nSPS) is 11.9. The molecule has 0 radical (unpaired) electrons. The van der Waals surface area contributed by atoms with Crippen LogP contribution in [0.4, 0.5) is 5.82 Å². The number of rotatable bonds is 6. The molecule has 0 aliphatic heterocycles. The van der Waals surface area contributed by atoms with Crippen LogP contribution in [0.3, 0.4) is 0 Å². The number of aromatic nitrogens is 1. The maximum Gasteiger partial charge on any atom is 0.221 e. The number of nitrogens with one attached hydrogen (secondary N) is 2. The first kappa shape index (κ1) is 14.0. The molecule has 1 amide bonds. The summed E-state index contributed by atoms with van der Waals surface area (Å²) in [5.74, 6) is 0.836. The Labute approximate surface area is 110 Å². The van der Waals surface area contributed by atoms with E-state index < -0.39 is 0 Å². The largest absolute Gasteiger partial charge is 0.369 e. The summed E-state index contributed by atoms with van der Waals surface area (Å²) in [6.07, 6.45) is 3.12. The van der Waals surface area contributed by atoms with E-state index in [1.165, 1.54) is 0 Å². The molecule has 17 heavy (non-hydrogen) atoms. The van der Waals surface area contributed by atoms with Crippen LogP contribution in [-0.4, -0.2) is 23.5 Å². The van der Waals surface area contributed by atoms with Crippen molar-refractivity contribution >= 4 is 27.7 Å². The van der Waals surface area contributed by atoms with Gasteiger partial charge in [-0.3, -0.25) is 4.79 Å². The van der Waals surface area contributed by atoms with Gasteiger partial charge < -0.3 is 10.6 Å². The highest BCUT2D eigenvalue weighted by molar-refractivity contribution is 9.10. The van der Waals surface area contributed by atoms with Crippen LogP contribution in [0.15, 0.2) is 22.8 Å². The Bertz CT molecular complexity index is 371. The number of amides is 1. The van der Waals surface area contributed by atoms with Gasteiger partial charge in [-0.25, -0.2) is 4.98 Å². The molecule has 0 saturated carbocycles. The summed E-state index contributed by atoms with van der Waals surface area (Å²) in [6.45, 7) is 4.63. The monoisotopic (exact) mass is 299 g/mol. The SMILES string of the molecule is CCC(C)NC(=O)CCNc1ncccc1Br. The Morgan fingerprint density at radius 2 is 2.35 bits per heavy atom. The molecule has 1 aromatic heterocycles. The van der Waals surface area contributed by atoms with Gasteiger partial charge in [-0.15, -0.1) is 0 Å². The van der Waals surface area contributed by atoms with Crippen LogP contribution >= 0.6 is 15.9 Å². The minimum atomic E-state index is 0.0684. The van der Waals surface area contributed by atoms with E-state index in [1.54, 1.807) is 6.20 Å². The summed E-state index contributed by atoms with van der Waals surface area (Å²) < 4.78 is 0.905. The van der Waals surface area contributed by atoms with Gasteiger partial charge in [0, 0.05) is 25.2 Å². The summed E-state index contributed by atoms with van der Waals surface area (Å²) in [5, 5.41) is 6.04. The highest BCUT2D eigenvalue weighted by atomic mass is 79.9. The van der Waals surface area contributed by atoms with Gasteiger partial charge in [0.15, 0.2) is 0 Å². The van der Waals surface area contributed by atoms with Crippen molar-refractivity contribution in [3.8, 4) is 0 Å². The average Bonchev–Trinajstić information content (AvgIpc) is 2.31. The van der Waals surface area contributed by atoms with Gasteiger partial charge in [-0.1, -0.05) is 6.92 Å². The Morgan fingerprint density at radius 1 is 1.59 bits per heavy atom. The summed E-state index contributed by atoms with van der Waals surface area (Å²) in [4.78, 5) is 15.7. The molecule has 94 valence electrons. The van der Waals surface area contributed by atoms with E-state index in [2.05, 4.69) is 31.5 Å². The van der Waals surface area contributed by atoms with E-state index in [-0.39, 0.29) is 11.9 Å². The van der Waals surface area contributed by atoms with Crippen LogP contribution in [0.25, 0.3) is 0 Å². The first-order valence-electron chi connectivity index (χ1n) is 5.77. The molecule has 0 saturated heterocycles. The quantitative estimate of drug-likeness (QED) is 0.849. The first-order valence-corrected chi connectivity index (χ1v) is 6.56. The second-order valence-electron chi connectivity index (χ2n) is 3.89. The molecule has 0 fully saturated rings. The zero-order valence-electron chi connectivity index (χ0n) is 10.2. The predicted octanol–water partition coefficient (Wildman–Crippen LogP) is 2.56. The Morgan fingerprint density at radius 3 is 3.00 bits per heavy atom. The topological polar surface area (TPSA) is 54.0 Å². The maximum absolute atomic E-state index is 11.5. The third kappa shape index (κ3) is 5.17. The van der Waals surface area contributed by atoms with Crippen molar-refractivity contribution in [2.75, 3.05) is 11.9 Å². The van der Waals surface area contributed by atoms with Crippen molar-refractivity contribution < 1.29 is 4.79 Å². The lowest BCUT2D eigenvalue weighted by molar-refractivity contribution is -0.121. The standard InChI is InChI=1S/C12H18BrN3O/c1-3-9(2)16-11(17)6-8-15-12-10(13)5-4-7-14-12/h4-5,7,9H,3,6,8H2,1-2H3,(H,14,15)(H,16,17). The first-order chi connectivity index (χ1) is 8.13. The van der Waals surface area contributed by atoms with Gasteiger partial charge in [0.25, 0.3) is 0 Å². The van der Waals surface area contributed by atoms with E-state index in [0.29, 0.717) is 13.0 Å². The van der Waals surface area contributed by atoms with Crippen LogP contribution in [0.5, 0.6) is 0 Å². The zero-order chi connectivity index (χ0) is 12.7. The zero-order valence-corrected chi connectivity index (χ0v) is 11.8. The Balaban J connectivity index is 2.29. The third-order valence-electron chi connectivity index (χ3n) is 2.42. The average molecular weight is 300 g/mol. The molecule has 4 nitrogen and oxygen atoms in total. The summed E-state index contributed by atoms with van der Waals surface area (Å²) in [6, 6.07) is 4.00. The molecular formula is C12H18BrN3O. The molecule has 0 spiro atoms. The van der Waals surface area contributed by atoms with Gasteiger partial charge in [-0.05, 0) is 41.4 Å². The van der Waals surface area contributed by atoms with Gasteiger partial charge in [-0.2, -0.15) is 0 Å². The molecule has 2 N–H and O–H groups in total. The molecule has 1 heterocycles. The summed E-state index contributed by atoms with van der Waals surface area (Å²) in [5.41, 5.74) is 0. The molecule has 0 aliphatic carbocycles. The third-order valence-corrected chi connectivity index (χ3v) is 3.06. The molecular weight excluding hydrogens is 282 g/mol. The predicted molar refractivity (Wildman–Crippen MR) is 72.9 cm³/mol. The summed E-state index contributed by atoms with van der Waals surface area (Å²) in [7, 11) is 0. The van der Waals surface area contributed by atoms with E-state index in [0.717, 1.165) is 16.7 Å². The van der Waals surface area contributed by atoms with E-state index in [4.69, 9.17) is 0 Å². The fourth-order valence-corrected chi connectivity index (χ4v) is 1.65. The van der Waals surface area contributed by atoms with Crippen LogP contribution in [0.2, 0.25) is 0 Å². The van der Waals surface area contributed by atoms with Gasteiger partial charge in [0.1, 0.15) is 5.82 Å². The molecule has 0 bridgehead atoms. The van der Waals surface area contributed by atoms with Crippen molar-refractivity contribution in [1.82, 2.24) is 10.3 Å². The van der Waals surface area contributed by atoms with Crippen LogP contribution in [0.1, 0.15) is 26.7 Å². The minimum Gasteiger partial charge on any atom is -0.369 e. The Hall–Kier alpha value is -1.10. The highest BCUT2D eigenvalue weighted by Gasteiger charge is 2.05. The van der Waals surface area contributed by atoms with Crippen molar-refractivity contribution in [1.29, 1.82) is 0 Å². The lowest BCUT2D eigenvalue weighted by Gasteiger charge is -2.12. The van der Waals surface area contributed by atoms with Crippen molar-refractivity contribution in [3.63, 3.8) is 0 Å². The highest BCUT2D eigenvalue weighted by Crippen LogP contribution is 2.17. The maximum atomic E-state index is 11.5. The molecule has 5 heteroatoms. The smallest absolute Gasteiger partial charge is 0.221 e. The minimum absolute atomic E-state index is 0.0684.